The molecular weight excluding hydrogens is 428 g/mol. The normalized spacial score (nSPS) is 21.4. The first-order valence-electron chi connectivity index (χ1n) is 11.0. The molecule has 1 saturated heterocycles. The maximum Gasteiger partial charge on any atom is 0.221 e. The van der Waals surface area contributed by atoms with E-state index in [9.17, 15) is 13.2 Å². The number of aromatic nitrogens is 2. The zero-order chi connectivity index (χ0) is 22.9. The van der Waals surface area contributed by atoms with Gasteiger partial charge < -0.3 is 15.0 Å². The zero-order valence-corrected chi connectivity index (χ0v) is 19.6. The molecule has 3 heterocycles. The monoisotopic (exact) mass is 458 g/mol. The number of carbonyl (C=O) groups is 1. The number of ether oxygens (including phenoxy) is 1. The quantitative estimate of drug-likeness (QED) is 0.674. The lowest BCUT2D eigenvalue weighted by Gasteiger charge is -2.22. The molecule has 0 saturated carbocycles. The summed E-state index contributed by atoms with van der Waals surface area (Å²) in [7, 11) is -1.04. The predicted molar refractivity (Wildman–Crippen MR) is 122 cm³/mol. The number of nitrogens with one attached hydrogen (secondary N) is 1. The van der Waals surface area contributed by atoms with Crippen LogP contribution in [0.1, 0.15) is 29.8 Å². The summed E-state index contributed by atoms with van der Waals surface area (Å²) in [6, 6.07) is 7.93. The third-order valence-electron chi connectivity index (χ3n) is 6.10. The van der Waals surface area contributed by atoms with E-state index in [0.29, 0.717) is 38.2 Å². The first-order chi connectivity index (χ1) is 15.2. The van der Waals surface area contributed by atoms with Gasteiger partial charge in [0.05, 0.1) is 23.6 Å². The average molecular weight is 459 g/mol. The van der Waals surface area contributed by atoms with Crippen molar-refractivity contribution in [1.29, 1.82) is 0 Å². The minimum Gasteiger partial charge on any atom is -0.487 e. The Balaban J connectivity index is 1.30. The fourth-order valence-electron chi connectivity index (χ4n) is 4.37. The van der Waals surface area contributed by atoms with Crippen LogP contribution in [0.4, 0.5) is 0 Å². The number of amides is 1. The molecule has 0 radical (unpaired) electrons. The van der Waals surface area contributed by atoms with Crippen molar-refractivity contribution in [2.75, 3.05) is 31.6 Å². The molecule has 1 aromatic heterocycles. The first kappa shape index (κ1) is 22.7. The number of hydrogen-bond acceptors (Lipinski definition) is 7. The maximum absolute atomic E-state index is 12.4. The Morgan fingerprint density at radius 2 is 2.00 bits per heavy atom. The van der Waals surface area contributed by atoms with Crippen LogP contribution in [0.2, 0.25) is 0 Å². The van der Waals surface area contributed by atoms with E-state index in [2.05, 4.69) is 15.3 Å². The Hall–Kier alpha value is -2.52. The van der Waals surface area contributed by atoms with Gasteiger partial charge in [-0.25, -0.2) is 18.4 Å². The maximum atomic E-state index is 12.4. The molecule has 1 amide bonds. The Bertz CT molecular complexity index is 1100. The van der Waals surface area contributed by atoms with Crippen molar-refractivity contribution >= 4 is 15.7 Å². The summed E-state index contributed by atoms with van der Waals surface area (Å²) in [6.07, 6.45) is 1.54. The van der Waals surface area contributed by atoms with Gasteiger partial charge in [-0.3, -0.25) is 4.79 Å². The number of para-hydroxylation sites is 1. The lowest BCUT2D eigenvalue weighted by atomic mass is 10.1. The van der Waals surface area contributed by atoms with Gasteiger partial charge in [0.25, 0.3) is 0 Å². The molecule has 1 N–H and O–H groups in total. The number of aryl methyl sites for hydroxylation is 2. The van der Waals surface area contributed by atoms with Gasteiger partial charge in [-0.05, 0) is 45.0 Å². The molecule has 0 bridgehead atoms. The highest BCUT2D eigenvalue weighted by Gasteiger charge is 2.31. The largest absolute Gasteiger partial charge is 0.487 e. The van der Waals surface area contributed by atoms with E-state index in [1.807, 2.05) is 50.1 Å². The average Bonchev–Trinajstić information content (AvgIpc) is 3.32. The fourth-order valence-corrected chi connectivity index (χ4v) is 6.18. The molecule has 8 nitrogen and oxygen atoms in total. The highest BCUT2D eigenvalue weighted by molar-refractivity contribution is 7.91. The second kappa shape index (κ2) is 9.15. The molecule has 0 spiro atoms. The van der Waals surface area contributed by atoms with Crippen molar-refractivity contribution in [3.8, 4) is 17.1 Å². The van der Waals surface area contributed by atoms with Gasteiger partial charge in [-0.1, -0.05) is 12.1 Å². The van der Waals surface area contributed by atoms with E-state index in [-0.39, 0.29) is 29.6 Å². The van der Waals surface area contributed by atoms with Gasteiger partial charge in [-0.2, -0.15) is 0 Å². The number of benzene rings is 1. The van der Waals surface area contributed by atoms with Gasteiger partial charge in [-0.15, -0.1) is 0 Å². The van der Waals surface area contributed by atoms with E-state index in [0.717, 1.165) is 28.3 Å². The Morgan fingerprint density at radius 1 is 1.25 bits per heavy atom. The van der Waals surface area contributed by atoms with E-state index in [1.165, 1.54) is 0 Å². The van der Waals surface area contributed by atoms with Crippen LogP contribution in [0, 0.1) is 13.8 Å². The molecule has 9 heteroatoms. The third kappa shape index (κ3) is 5.27. The molecule has 2 aliphatic heterocycles. The molecule has 0 aliphatic carbocycles. The summed E-state index contributed by atoms with van der Waals surface area (Å²) in [5.41, 5.74) is 3.78. The van der Waals surface area contributed by atoms with E-state index < -0.39 is 9.84 Å². The second-order valence-corrected chi connectivity index (χ2v) is 11.0. The number of nitrogens with zero attached hydrogens (tertiary/aromatic N) is 3. The van der Waals surface area contributed by atoms with Gasteiger partial charge >= 0.3 is 0 Å². The SMILES string of the molecule is Cc1cc(C)nc(-c2cccc3c2O[C@@H](CNC(=O)CCN(C)[C@H]2CCS(=O)(=O)C2)C3)n1. The van der Waals surface area contributed by atoms with E-state index in [4.69, 9.17) is 4.74 Å². The molecule has 2 atom stereocenters. The topological polar surface area (TPSA) is 101 Å². The molecule has 1 aromatic carbocycles. The lowest BCUT2D eigenvalue weighted by molar-refractivity contribution is -0.121. The van der Waals surface area contributed by atoms with E-state index in [1.54, 1.807) is 0 Å². The second-order valence-electron chi connectivity index (χ2n) is 8.80. The van der Waals surface area contributed by atoms with Crippen LogP contribution in [0.5, 0.6) is 5.75 Å². The van der Waals surface area contributed by atoms with Gasteiger partial charge in [0.2, 0.25) is 5.91 Å². The van der Waals surface area contributed by atoms with Crippen LogP contribution < -0.4 is 10.1 Å². The van der Waals surface area contributed by atoms with Crippen molar-refractivity contribution in [2.24, 2.45) is 0 Å². The Labute approximate surface area is 189 Å². The number of sulfone groups is 1. The zero-order valence-electron chi connectivity index (χ0n) is 18.8. The van der Waals surface area contributed by atoms with Crippen LogP contribution in [-0.2, 0) is 21.1 Å². The van der Waals surface area contributed by atoms with Crippen LogP contribution in [0.15, 0.2) is 24.3 Å². The van der Waals surface area contributed by atoms with Gasteiger partial charge in [0.15, 0.2) is 15.7 Å². The fraction of sp³-hybridized carbons (Fsp3) is 0.522. The van der Waals surface area contributed by atoms with Crippen LogP contribution >= 0.6 is 0 Å². The molecule has 0 unspecified atom stereocenters. The molecule has 2 aromatic rings. The smallest absolute Gasteiger partial charge is 0.221 e. The summed E-state index contributed by atoms with van der Waals surface area (Å²) in [6.45, 7) is 4.85. The lowest BCUT2D eigenvalue weighted by Crippen LogP contribution is -2.38. The van der Waals surface area contributed by atoms with Crippen LogP contribution in [-0.4, -0.2) is 73.0 Å². The van der Waals surface area contributed by atoms with Crippen molar-refractivity contribution in [2.45, 2.75) is 45.3 Å². The van der Waals surface area contributed by atoms with Crippen molar-refractivity contribution < 1.29 is 17.9 Å². The van der Waals surface area contributed by atoms with Crippen LogP contribution in [0.25, 0.3) is 11.4 Å². The summed E-state index contributed by atoms with van der Waals surface area (Å²) in [5, 5.41) is 2.96. The van der Waals surface area contributed by atoms with Crippen molar-refractivity contribution in [3.63, 3.8) is 0 Å². The van der Waals surface area contributed by atoms with Crippen molar-refractivity contribution in [3.05, 3.63) is 41.2 Å². The minimum absolute atomic E-state index is 0.00589. The van der Waals surface area contributed by atoms with Crippen molar-refractivity contribution in [1.82, 2.24) is 20.2 Å². The Kier molecular flexibility index (Phi) is 6.48. The summed E-state index contributed by atoms with van der Waals surface area (Å²) < 4.78 is 29.5. The van der Waals surface area contributed by atoms with Crippen LogP contribution in [0.3, 0.4) is 0 Å². The molecule has 4 rings (SSSR count). The van der Waals surface area contributed by atoms with Gasteiger partial charge in [0.1, 0.15) is 11.9 Å². The molecule has 172 valence electrons. The minimum atomic E-state index is -2.92. The number of fused-ring (bicyclic) bond motifs is 1. The highest BCUT2D eigenvalue weighted by Crippen LogP contribution is 2.37. The molecule has 1 fully saturated rings. The summed E-state index contributed by atoms with van der Waals surface area (Å²) in [4.78, 5) is 23.4. The standard InChI is InChI=1S/C23H30N4O4S/c1-15-11-16(2)26-23(25-15)20-6-4-5-17-12-19(31-22(17)20)13-24-21(28)7-9-27(3)18-8-10-32(29,30)14-18/h4-6,11,18-19H,7-10,12-14H2,1-3H3,(H,24,28)/t18-,19+/m0/s1. The number of hydrogen-bond donors (Lipinski definition) is 1. The molecular formula is C23H30N4O4S. The summed E-state index contributed by atoms with van der Waals surface area (Å²) in [5.74, 6) is 1.81. The number of carbonyl (C=O) groups excluding carboxylic acids is 1. The van der Waals surface area contributed by atoms with Gasteiger partial charge in [0, 0.05) is 36.8 Å². The molecule has 2 aliphatic rings. The number of rotatable bonds is 7. The first-order valence-corrected chi connectivity index (χ1v) is 12.8. The highest BCUT2D eigenvalue weighted by atomic mass is 32.2. The molecule has 32 heavy (non-hydrogen) atoms. The Morgan fingerprint density at radius 3 is 2.69 bits per heavy atom. The summed E-state index contributed by atoms with van der Waals surface area (Å²) >= 11 is 0. The van der Waals surface area contributed by atoms with E-state index >= 15 is 0 Å². The third-order valence-corrected chi connectivity index (χ3v) is 7.85. The predicted octanol–water partition coefficient (Wildman–Crippen LogP) is 1.69.